The van der Waals surface area contributed by atoms with Gasteiger partial charge < -0.3 is 9.32 Å². The molecular weight excluding hydrogens is 332 g/mol. The van der Waals surface area contributed by atoms with Gasteiger partial charge in [0, 0.05) is 25.8 Å². The fourth-order valence-electron chi connectivity index (χ4n) is 3.87. The van der Waals surface area contributed by atoms with Gasteiger partial charge in [-0.1, -0.05) is 0 Å². The van der Waals surface area contributed by atoms with E-state index in [0.29, 0.717) is 24.8 Å². The molecule has 26 heavy (non-hydrogen) atoms. The number of rotatable bonds is 4. The summed E-state index contributed by atoms with van der Waals surface area (Å²) in [5, 5.41) is 0. The van der Waals surface area contributed by atoms with Crippen molar-refractivity contribution in [2.45, 2.75) is 31.8 Å². The van der Waals surface area contributed by atoms with Gasteiger partial charge in [0.05, 0.1) is 17.8 Å². The predicted octanol–water partition coefficient (Wildman–Crippen LogP) is 2.29. The quantitative estimate of drug-likeness (QED) is 0.722. The lowest BCUT2D eigenvalue weighted by Crippen LogP contribution is -2.32. The highest BCUT2D eigenvalue weighted by Crippen LogP contribution is 2.32. The van der Waals surface area contributed by atoms with Crippen LogP contribution in [-0.2, 0) is 6.54 Å². The van der Waals surface area contributed by atoms with E-state index in [1.165, 1.54) is 19.1 Å². The molecule has 1 saturated heterocycles. The van der Waals surface area contributed by atoms with Gasteiger partial charge in [-0.2, -0.15) is 0 Å². The highest BCUT2D eigenvalue weighted by molar-refractivity contribution is 5.91. The predicted molar refractivity (Wildman–Crippen MR) is 95.0 cm³/mol. The number of hydrogen-bond donors (Lipinski definition) is 0. The molecule has 1 atom stereocenters. The van der Waals surface area contributed by atoms with Crippen molar-refractivity contribution in [3.05, 3.63) is 53.0 Å². The number of likely N-dealkylation sites (tertiary alicyclic amines) is 1. The van der Waals surface area contributed by atoms with Crippen LogP contribution in [0.1, 0.15) is 35.9 Å². The van der Waals surface area contributed by atoms with Crippen molar-refractivity contribution in [3.8, 4) is 0 Å². The zero-order chi connectivity index (χ0) is 17.7. The third-order valence-corrected chi connectivity index (χ3v) is 5.41. The van der Waals surface area contributed by atoms with Gasteiger partial charge in [-0.25, -0.2) is 9.78 Å². The number of amides is 1. The average molecular weight is 352 g/mol. The SMILES string of the molecule is O=C(c1ccco1)N1CC[C@@H](n2c(=O)n(CC3CC3)c3cccnc32)C1. The smallest absolute Gasteiger partial charge is 0.330 e. The monoisotopic (exact) mass is 352 g/mol. The van der Waals surface area contributed by atoms with Crippen LogP contribution < -0.4 is 5.69 Å². The fraction of sp³-hybridized carbons (Fsp3) is 0.421. The summed E-state index contributed by atoms with van der Waals surface area (Å²) in [5.41, 5.74) is 1.60. The minimum Gasteiger partial charge on any atom is -0.459 e. The number of aromatic nitrogens is 3. The number of furan rings is 1. The van der Waals surface area contributed by atoms with E-state index in [-0.39, 0.29) is 17.6 Å². The summed E-state index contributed by atoms with van der Waals surface area (Å²) < 4.78 is 8.86. The second-order valence-corrected chi connectivity index (χ2v) is 7.22. The minimum atomic E-state index is -0.125. The van der Waals surface area contributed by atoms with E-state index in [2.05, 4.69) is 4.98 Å². The molecule has 134 valence electrons. The number of carbonyl (C=O) groups excluding carboxylic acids is 1. The standard InChI is InChI=1S/C19H20N4O3/c24-18(16-4-2-10-26-16)21-9-7-14(12-21)23-17-15(3-1-8-20-17)22(19(23)25)11-13-5-6-13/h1-4,8,10,13-14H,5-7,9,11-12H2/t14-/m1/s1. The molecule has 7 nitrogen and oxygen atoms in total. The summed E-state index contributed by atoms with van der Waals surface area (Å²) in [5.74, 6) is 0.820. The molecule has 0 bridgehead atoms. The Bertz CT molecular complexity index is 1010. The van der Waals surface area contributed by atoms with Crippen molar-refractivity contribution >= 4 is 17.1 Å². The van der Waals surface area contributed by atoms with E-state index in [1.807, 2.05) is 16.7 Å². The van der Waals surface area contributed by atoms with E-state index >= 15 is 0 Å². The van der Waals surface area contributed by atoms with Gasteiger partial charge in [0.15, 0.2) is 11.4 Å². The van der Waals surface area contributed by atoms with Crippen LogP contribution in [0.25, 0.3) is 11.2 Å². The van der Waals surface area contributed by atoms with Crippen molar-refractivity contribution < 1.29 is 9.21 Å². The second kappa shape index (κ2) is 5.86. The highest BCUT2D eigenvalue weighted by Gasteiger charge is 2.33. The van der Waals surface area contributed by atoms with Crippen LogP contribution in [0.15, 0.2) is 45.9 Å². The molecule has 3 aromatic heterocycles. The van der Waals surface area contributed by atoms with Crippen LogP contribution in [-0.4, -0.2) is 38.0 Å². The summed E-state index contributed by atoms with van der Waals surface area (Å²) >= 11 is 0. The molecule has 0 spiro atoms. The molecule has 1 saturated carbocycles. The summed E-state index contributed by atoms with van der Waals surface area (Å²) in [6.45, 7) is 1.87. The number of imidazole rings is 1. The van der Waals surface area contributed by atoms with Crippen molar-refractivity contribution in [2.24, 2.45) is 5.92 Å². The minimum absolute atomic E-state index is 0.0112. The third-order valence-electron chi connectivity index (χ3n) is 5.41. The lowest BCUT2D eigenvalue weighted by atomic mass is 10.2. The molecule has 1 amide bonds. The van der Waals surface area contributed by atoms with Crippen molar-refractivity contribution in [1.29, 1.82) is 0 Å². The molecule has 0 radical (unpaired) electrons. The van der Waals surface area contributed by atoms with Crippen molar-refractivity contribution in [1.82, 2.24) is 19.0 Å². The fourth-order valence-corrected chi connectivity index (χ4v) is 3.87. The Morgan fingerprint density at radius 1 is 1.23 bits per heavy atom. The maximum Gasteiger partial charge on any atom is 0.330 e. The topological polar surface area (TPSA) is 73.3 Å². The van der Waals surface area contributed by atoms with Gasteiger partial charge in [0.1, 0.15) is 0 Å². The maximum atomic E-state index is 13.1. The Labute approximate surface area is 149 Å². The van der Waals surface area contributed by atoms with Crippen LogP contribution in [0, 0.1) is 5.92 Å². The van der Waals surface area contributed by atoms with Crippen molar-refractivity contribution in [3.63, 3.8) is 0 Å². The van der Waals surface area contributed by atoms with E-state index < -0.39 is 0 Å². The molecule has 3 aromatic rings. The first kappa shape index (κ1) is 15.4. The molecule has 7 heteroatoms. The first-order valence-corrected chi connectivity index (χ1v) is 9.11. The summed E-state index contributed by atoms with van der Waals surface area (Å²) in [7, 11) is 0. The normalized spacial score (nSPS) is 20.2. The van der Waals surface area contributed by atoms with Crippen molar-refractivity contribution in [2.75, 3.05) is 13.1 Å². The van der Waals surface area contributed by atoms with Gasteiger partial charge in [-0.3, -0.25) is 13.9 Å². The molecule has 0 N–H and O–H groups in total. The van der Waals surface area contributed by atoms with Crippen LogP contribution >= 0.6 is 0 Å². The Balaban J connectivity index is 1.49. The van der Waals surface area contributed by atoms with Crippen LogP contribution in [0.5, 0.6) is 0 Å². The van der Waals surface area contributed by atoms with Gasteiger partial charge in [-0.05, 0) is 49.4 Å². The van der Waals surface area contributed by atoms with E-state index in [0.717, 1.165) is 24.1 Å². The number of fused-ring (bicyclic) bond motifs is 1. The Kier molecular flexibility index (Phi) is 3.48. The first-order chi connectivity index (χ1) is 12.7. The molecule has 1 aliphatic carbocycles. The lowest BCUT2D eigenvalue weighted by Gasteiger charge is -2.15. The second-order valence-electron chi connectivity index (χ2n) is 7.22. The molecule has 0 unspecified atom stereocenters. The molecular formula is C19H20N4O3. The van der Waals surface area contributed by atoms with Gasteiger partial charge in [-0.15, -0.1) is 0 Å². The van der Waals surface area contributed by atoms with Crippen LogP contribution in [0.3, 0.4) is 0 Å². The van der Waals surface area contributed by atoms with Gasteiger partial charge in [0.2, 0.25) is 0 Å². The number of hydrogen-bond acceptors (Lipinski definition) is 4. The Morgan fingerprint density at radius 2 is 2.12 bits per heavy atom. The van der Waals surface area contributed by atoms with Gasteiger partial charge in [0.25, 0.3) is 5.91 Å². The zero-order valence-electron chi connectivity index (χ0n) is 14.4. The summed E-state index contributed by atoms with van der Waals surface area (Å²) in [6, 6.07) is 7.16. The Morgan fingerprint density at radius 3 is 2.88 bits per heavy atom. The molecule has 2 aliphatic rings. The molecule has 2 fully saturated rings. The number of carbonyl (C=O) groups is 1. The largest absolute Gasteiger partial charge is 0.459 e. The average Bonchev–Trinajstić information content (AvgIpc) is 3.05. The van der Waals surface area contributed by atoms with E-state index in [4.69, 9.17) is 4.42 Å². The lowest BCUT2D eigenvalue weighted by molar-refractivity contribution is 0.0756. The molecule has 1 aliphatic heterocycles. The Hall–Kier alpha value is -2.83. The molecule has 0 aromatic carbocycles. The van der Waals surface area contributed by atoms with Crippen LogP contribution in [0.2, 0.25) is 0 Å². The maximum absolute atomic E-state index is 13.1. The van der Waals surface area contributed by atoms with Gasteiger partial charge >= 0.3 is 5.69 Å². The van der Waals surface area contributed by atoms with Crippen LogP contribution in [0.4, 0.5) is 0 Å². The summed E-state index contributed by atoms with van der Waals surface area (Å²) in [6.07, 6.45) is 6.34. The van der Waals surface area contributed by atoms with E-state index in [9.17, 15) is 9.59 Å². The van der Waals surface area contributed by atoms with E-state index in [1.54, 1.807) is 27.8 Å². The number of pyridine rings is 1. The first-order valence-electron chi connectivity index (χ1n) is 9.11. The third kappa shape index (κ3) is 2.46. The highest BCUT2D eigenvalue weighted by atomic mass is 16.3. The number of nitrogens with zero attached hydrogens (tertiary/aromatic N) is 4. The zero-order valence-corrected chi connectivity index (χ0v) is 14.4. The molecule has 4 heterocycles. The summed E-state index contributed by atoms with van der Waals surface area (Å²) in [4.78, 5) is 31.9. The molecule has 5 rings (SSSR count).